The van der Waals surface area contributed by atoms with Crippen molar-refractivity contribution in [3.05, 3.63) is 0 Å². The summed E-state index contributed by atoms with van der Waals surface area (Å²) in [5.74, 6) is -0.0756. The fourth-order valence-electron chi connectivity index (χ4n) is 2.26. The first kappa shape index (κ1) is 13.2. The molecular weight excluding hydrogens is 204 g/mol. The average Bonchev–Trinajstić information content (AvgIpc) is 2.24. The van der Waals surface area contributed by atoms with Gasteiger partial charge in [-0.25, -0.2) is 0 Å². The van der Waals surface area contributed by atoms with Crippen molar-refractivity contribution in [3.8, 4) is 0 Å². The summed E-state index contributed by atoms with van der Waals surface area (Å²) in [5, 5.41) is 0. The summed E-state index contributed by atoms with van der Waals surface area (Å²) in [7, 11) is 3.84. The highest BCUT2D eigenvalue weighted by atomic mass is 16.2. The number of piperidine rings is 1. The van der Waals surface area contributed by atoms with Crippen LogP contribution in [0.2, 0.25) is 0 Å². The molecule has 1 aliphatic heterocycles. The van der Waals surface area contributed by atoms with Crippen LogP contribution >= 0.6 is 0 Å². The molecule has 0 aromatic rings. The van der Waals surface area contributed by atoms with Crippen molar-refractivity contribution in [2.24, 2.45) is 5.92 Å². The van der Waals surface area contributed by atoms with Gasteiger partial charge in [0, 0.05) is 27.1 Å². The zero-order valence-corrected chi connectivity index (χ0v) is 10.5. The summed E-state index contributed by atoms with van der Waals surface area (Å²) in [4.78, 5) is 26.1. The lowest BCUT2D eigenvalue weighted by Gasteiger charge is -2.30. The fourth-order valence-corrected chi connectivity index (χ4v) is 2.26. The Bertz CT molecular complexity index is 266. The van der Waals surface area contributed by atoms with Crippen LogP contribution in [0, 0.1) is 5.92 Å². The van der Waals surface area contributed by atoms with Crippen molar-refractivity contribution >= 4 is 11.7 Å². The number of hydrogen-bond acceptors (Lipinski definition) is 3. The zero-order valence-electron chi connectivity index (χ0n) is 10.5. The molecule has 1 fully saturated rings. The first-order valence-corrected chi connectivity index (χ1v) is 5.95. The Kier molecular flexibility index (Phi) is 4.93. The first-order valence-electron chi connectivity index (χ1n) is 5.95. The molecule has 92 valence electrons. The van der Waals surface area contributed by atoms with Crippen molar-refractivity contribution in [2.45, 2.75) is 26.2 Å². The number of nitrogens with zero attached hydrogens (tertiary/aromatic N) is 2. The molecule has 0 spiro atoms. The van der Waals surface area contributed by atoms with Gasteiger partial charge in [0.15, 0.2) is 0 Å². The van der Waals surface area contributed by atoms with Gasteiger partial charge in [0.05, 0.1) is 0 Å². The lowest BCUT2D eigenvalue weighted by atomic mass is 9.95. The first-order chi connectivity index (χ1) is 7.50. The molecule has 1 heterocycles. The van der Waals surface area contributed by atoms with E-state index in [4.69, 9.17) is 0 Å². The molecule has 1 atom stereocenters. The number of rotatable bonds is 4. The monoisotopic (exact) mass is 226 g/mol. The number of ketones is 1. The van der Waals surface area contributed by atoms with Gasteiger partial charge in [-0.1, -0.05) is 0 Å². The third kappa shape index (κ3) is 3.93. The van der Waals surface area contributed by atoms with Crippen molar-refractivity contribution in [1.29, 1.82) is 0 Å². The fraction of sp³-hybridized carbons (Fsp3) is 0.833. The third-order valence-corrected chi connectivity index (χ3v) is 3.24. The lowest BCUT2D eigenvalue weighted by molar-refractivity contribution is -0.142. The molecule has 16 heavy (non-hydrogen) atoms. The Morgan fingerprint density at radius 2 is 2.12 bits per heavy atom. The Morgan fingerprint density at radius 3 is 2.69 bits per heavy atom. The number of Topliss-reactive ketones (excluding diaryl/α,β-unsaturated/α-hetero) is 1. The molecule has 0 aliphatic carbocycles. The van der Waals surface area contributed by atoms with E-state index >= 15 is 0 Å². The molecule has 1 amide bonds. The van der Waals surface area contributed by atoms with Crippen molar-refractivity contribution < 1.29 is 9.59 Å². The van der Waals surface area contributed by atoms with Gasteiger partial charge in [0.25, 0.3) is 5.91 Å². The second kappa shape index (κ2) is 5.99. The van der Waals surface area contributed by atoms with E-state index in [1.807, 2.05) is 0 Å². The van der Waals surface area contributed by atoms with Gasteiger partial charge in [-0.15, -0.1) is 0 Å². The molecule has 0 N–H and O–H groups in total. The summed E-state index contributed by atoms with van der Waals surface area (Å²) in [5.41, 5.74) is 0. The molecule has 1 aliphatic rings. The maximum absolute atomic E-state index is 11.3. The van der Waals surface area contributed by atoms with E-state index in [0.717, 1.165) is 13.0 Å². The molecule has 0 radical (unpaired) electrons. The van der Waals surface area contributed by atoms with E-state index in [9.17, 15) is 9.59 Å². The van der Waals surface area contributed by atoms with Gasteiger partial charge in [-0.2, -0.15) is 0 Å². The average molecular weight is 226 g/mol. The number of likely N-dealkylation sites (N-methyl/N-ethyl adjacent to an activating group) is 1. The van der Waals surface area contributed by atoms with Gasteiger partial charge >= 0.3 is 0 Å². The predicted octanol–water partition coefficient (Wildman–Crippen LogP) is 0.766. The van der Waals surface area contributed by atoms with Crippen LogP contribution in [-0.4, -0.2) is 55.2 Å². The van der Waals surface area contributed by atoms with Crippen molar-refractivity contribution in [2.75, 3.05) is 33.7 Å². The molecule has 1 rings (SSSR count). The van der Waals surface area contributed by atoms with Crippen LogP contribution in [0.25, 0.3) is 0 Å². The molecule has 4 nitrogen and oxygen atoms in total. The number of amides is 1. The van der Waals surface area contributed by atoms with E-state index in [1.165, 1.54) is 31.2 Å². The maximum atomic E-state index is 11.3. The lowest BCUT2D eigenvalue weighted by Crippen LogP contribution is -2.36. The number of likely N-dealkylation sites (tertiary alicyclic amines) is 1. The van der Waals surface area contributed by atoms with E-state index in [-0.39, 0.29) is 11.7 Å². The molecule has 1 unspecified atom stereocenters. The largest absolute Gasteiger partial charge is 0.339 e. The SMILES string of the molecule is CC(=O)C(=O)N(C)CCC1CCCN(C)C1. The van der Waals surface area contributed by atoms with Gasteiger partial charge in [-0.3, -0.25) is 9.59 Å². The Balaban J connectivity index is 2.28. The summed E-state index contributed by atoms with van der Waals surface area (Å²) in [6, 6.07) is 0. The minimum Gasteiger partial charge on any atom is -0.339 e. The van der Waals surface area contributed by atoms with Crippen LogP contribution in [0.3, 0.4) is 0 Å². The minimum atomic E-state index is -0.372. The normalized spacial score (nSPS) is 21.8. The highest BCUT2D eigenvalue weighted by Crippen LogP contribution is 2.18. The highest BCUT2D eigenvalue weighted by molar-refractivity contribution is 6.34. The molecule has 0 saturated carbocycles. The van der Waals surface area contributed by atoms with E-state index in [2.05, 4.69) is 11.9 Å². The standard InChI is InChI=1S/C12H22N2O2/c1-10(15)12(16)14(3)8-6-11-5-4-7-13(2)9-11/h11H,4-9H2,1-3H3. The maximum Gasteiger partial charge on any atom is 0.289 e. The van der Waals surface area contributed by atoms with Crippen LogP contribution in [0.5, 0.6) is 0 Å². The molecular formula is C12H22N2O2. The van der Waals surface area contributed by atoms with Crippen LogP contribution < -0.4 is 0 Å². The number of carbonyl (C=O) groups is 2. The smallest absolute Gasteiger partial charge is 0.289 e. The van der Waals surface area contributed by atoms with Crippen molar-refractivity contribution in [3.63, 3.8) is 0 Å². The molecule has 0 aromatic carbocycles. The van der Waals surface area contributed by atoms with Gasteiger partial charge in [0.2, 0.25) is 5.78 Å². The van der Waals surface area contributed by atoms with E-state index < -0.39 is 0 Å². The predicted molar refractivity (Wildman–Crippen MR) is 63.2 cm³/mol. The third-order valence-electron chi connectivity index (χ3n) is 3.24. The van der Waals surface area contributed by atoms with Gasteiger partial charge in [-0.05, 0) is 38.8 Å². The van der Waals surface area contributed by atoms with Gasteiger partial charge in [0.1, 0.15) is 0 Å². The Labute approximate surface area is 97.6 Å². The topological polar surface area (TPSA) is 40.6 Å². The second-order valence-electron chi connectivity index (χ2n) is 4.84. The molecule has 0 bridgehead atoms. The van der Waals surface area contributed by atoms with Crippen LogP contribution in [0.15, 0.2) is 0 Å². The minimum absolute atomic E-state index is 0.371. The van der Waals surface area contributed by atoms with Crippen LogP contribution in [0.4, 0.5) is 0 Å². The molecule has 0 aromatic heterocycles. The second-order valence-corrected chi connectivity index (χ2v) is 4.84. The van der Waals surface area contributed by atoms with E-state index in [0.29, 0.717) is 12.5 Å². The summed E-state index contributed by atoms with van der Waals surface area (Å²) < 4.78 is 0. The summed E-state index contributed by atoms with van der Waals surface area (Å²) in [6.45, 7) is 4.31. The van der Waals surface area contributed by atoms with Crippen LogP contribution in [-0.2, 0) is 9.59 Å². The Hall–Kier alpha value is -0.900. The molecule has 4 heteroatoms. The number of carbonyl (C=O) groups excluding carboxylic acids is 2. The zero-order chi connectivity index (χ0) is 12.1. The van der Waals surface area contributed by atoms with E-state index in [1.54, 1.807) is 7.05 Å². The van der Waals surface area contributed by atoms with Gasteiger partial charge < -0.3 is 9.80 Å². The Morgan fingerprint density at radius 1 is 1.44 bits per heavy atom. The summed E-state index contributed by atoms with van der Waals surface area (Å²) >= 11 is 0. The number of hydrogen-bond donors (Lipinski definition) is 0. The van der Waals surface area contributed by atoms with Crippen LogP contribution in [0.1, 0.15) is 26.2 Å². The van der Waals surface area contributed by atoms with Crippen molar-refractivity contribution in [1.82, 2.24) is 9.80 Å². The molecule has 1 saturated heterocycles. The summed E-state index contributed by atoms with van der Waals surface area (Å²) in [6.07, 6.45) is 3.48. The highest BCUT2D eigenvalue weighted by Gasteiger charge is 2.19. The quantitative estimate of drug-likeness (QED) is 0.665.